The van der Waals surface area contributed by atoms with E-state index in [1.807, 2.05) is 37.4 Å². The molecular weight excluding hydrogens is 258 g/mol. The third-order valence-corrected chi connectivity index (χ3v) is 4.80. The molecule has 0 aliphatic heterocycles. The third kappa shape index (κ3) is 4.06. The Morgan fingerprint density at radius 3 is 2.52 bits per heavy atom. The van der Waals surface area contributed by atoms with E-state index in [9.17, 15) is 5.26 Å². The van der Waals surface area contributed by atoms with E-state index in [-0.39, 0.29) is 0 Å². The quantitative estimate of drug-likeness (QED) is 0.836. The normalized spacial score (nSPS) is 18.6. The minimum Gasteiger partial charge on any atom is -0.306 e. The molecule has 21 heavy (non-hydrogen) atoms. The fraction of sp³-hybridized carbons (Fsp3) is 0.611. The van der Waals surface area contributed by atoms with Gasteiger partial charge in [-0.25, -0.2) is 0 Å². The zero-order chi connectivity index (χ0) is 15.1. The summed E-state index contributed by atoms with van der Waals surface area (Å²) in [6, 6.07) is 12.6. The van der Waals surface area contributed by atoms with Gasteiger partial charge in [-0.05, 0) is 44.8 Å². The second-order valence-electron chi connectivity index (χ2n) is 6.30. The smallest absolute Gasteiger partial charge is 0.133 e. The van der Waals surface area contributed by atoms with Crippen LogP contribution >= 0.6 is 0 Å². The zero-order valence-electron chi connectivity index (χ0n) is 13.3. The zero-order valence-corrected chi connectivity index (χ0v) is 13.3. The fourth-order valence-corrected chi connectivity index (χ4v) is 3.40. The SMILES string of the molecule is CNC(C#N)(CCN(C)CC1CCCC1)c1ccccc1. The summed E-state index contributed by atoms with van der Waals surface area (Å²) in [7, 11) is 4.06. The molecule has 0 aromatic heterocycles. The van der Waals surface area contributed by atoms with Gasteiger partial charge >= 0.3 is 0 Å². The van der Waals surface area contributed by atoms with Gasteiger partial charge in [-0.3, -0.25) is 5.32 Å². The van der Waals surface area contributed by atoms with Gasteiger partial charge in [0.25, 0.3) is 0 Å². The monoisotopic (exact) mass is 285 g/mol. The molecule has 3 nitrogen and oxygen atoms in total. The average molecular weight is 285 g/mol. The lowest BCUT2D eigenvalue weighted by atomic mass is 9.88. The van der Waals surface area contributed by atoms with Crippen LogP contribution < -0.4 is 5.32 Å². The molecular formula is C18H27N3. The molecule has 0 saturated heterocycles. The van der Waals surface area contributed by atoms with E-state index >= 15 is 0 Å². The Bertz CT molecular complexity index is 459. The van der Waals surface area contributed by atoms with E-state index in [0.29, 0.717) is 0 Å². The highest BCUT2D eigenvalue weighted by Gasteiger charge is 2.30. The number of nitrogens with zero attached hydrogens (tertiary/aromatic N) is 2. The van der Waals surface area contributed by atoms with E-state index in [2.05, 4.69) is 23.3 Å². The first-order chi connectivity index (χ1) is 10.2. The molecule has 1 saturated carbocycles. The second kappa shape index (κ2) is 7.59. The van der Waals surface area contributed by atoms with Crippen molar-refractivity contribution in [2.45, 2.75) is 37.6 Å². The van der Waals surface area contributed by atoms with Crippen molar-refractivity contribution in [1.29, 1.82) is 5.26 Å². The van der Waals surface area contributed by atoms with Crippen molar-refractivity contribution in [2.75, 3.05) is 27.2 Å². The molecule has 1 aliphatic rings. The lowest BCUT2D eigenvalue weighted by molar-refractivity contribution is 0.250. The minimum absolute atomic E-state index is 0.578. The first-order valence-electron chi connectivity index (χ1n) is 8.04. The molecule has 1 atom stereocenters. The summed E-state index contributed by atoms with van der Waals surface area (Å²) < 4.78 is 0. The highest BCUT2D eigenvalue weighted by atomic mass is 15.1. The molecule has 3 heteroatoms. The molecule has 0 spiro atoms. The Kier molecular flexibility index (Phi) is 5.78. The summed E-state index contributed by atoms with van der Waals surface area (Å²) in [6.45, 7) is 2.11. The number of rotatable bonds is 7. The summed E-state index contributed by atoms with van der Waals surface area (Å²) in [5, 5.41) is 12.9. The maximum Gasteiger partial charge on any atom is 0.133 e. The topological polar surface area (TPSA) is 39.1 Å². The van der Waals surface area contributed by atoms with Crippen LogP contribution in [-0.2, 0) is 5.54 Å². The van der Waals surface area contributed by atoms with Crippen LogP contribution in [0.2, 0.25) is 0 Å². The highest BCUT2D eigenvalue weighted by molar-refractivity contribution is 5.31. The van der Waals surface area contributed by atoms with Crippen LogP contribution in [0.3, 0.4) is 0 Å². The maximum absolute atomic E-state index is 9.70. The first-order valence-corrected chi connectivity index (χ1v) is 8.04. The molecule has 0 heterocycles. The standard InChI is InChI=1S/C18H27N3/c1-20-18(15-19,17-10-4-3-5-11-17)12-13-21(2)14-16-8-6-7-9-16/h3-5,10-11,16,20H,6-9,12-14H2,1-2H3. The van der Waals surface area contributed by atoms with Gasteiger partial charge in [0.1, 0.15) is 5.54 Å². The number of hydrogen-bond donors (Lipinski definition) is 1. The summed E-state index contributed by atoms with van der Waals surface area (Å²) in [6.07, 6.45) is 6.34. The maximum atomic E-state index is 9.70. The minimum atomic E-state index is -0.578. The molecule has 0 amide bonds. The summed E-state index contributed by atoms with van der Waals surface area (Å²) in [5.41, 5.74) is 0.481. The predicted molar refractivity (Wildman–Crippen MR) is 86.9 cm³/mol. The molecule has 1 N–H and O–H groups in total. The molecule has 0 radical (unpaired) electrons. The molecule has 1 unspecified atom stereocenters. The van der Waals surface area contributed by atoms with Crippen LogP contribution in [0, 0.1) is 17.2 Å². The molecule has 1 aromatic carbocycles. The van der Waals surface area contributed by atoms with Crippen molar-refractivity contribution in [3.05, 3.63) is 35.9 Å². The van der Waals surface area contributed by atoms with Crippen molar-refractivity contribution >= 4 is 0 Å². The fourth-order valence-electron chi connectivity index (χ4n) is 3.40. The van der Waals surface area contributed by atoms with E-state index in [0.717, 1.165) is 24.4 Å². The lowest BCUT2D eigenvalue weighted by Crippen LogP contribution is -2.42. The van der Waals surface area contributed by atoms with Crippen LogP contribution in [0.5, 0.6) is 0 Å². The molecule has 114 valence electrons. The van der Waals surface area contributed by atoms with Crippen LogP contribution in [0.4, 0.5) is 0 Å². The molecule has 1 fully saturated rings. The van der Waals surface area contributed by atoms with Crippen LogP contribution in [0.15, 0.2) is 30.3 Å². The number of nitrogens with one attached hydrogen (secondary N) is 1. The van der Waals surface area contributed by atoms with Crippen molar-refractivity contribution in [1.82, 2.24) is 10.2 Å². The summed E-state index contributed by atoms with van der Waals surface area (Å²) in [5.74, 6) is 0.859. The Hall–Kier alpha value is -1.37. The highest BCUT2D eigenvalue weighted by Crippen LogP contribution is 2.27. The molecule has 1 aromatic rings. The number of hydrogen-bond acceptors (Lipinski definition) is 3. The summed E-state index contributed by atoms with van der Waals surface area (Å²) in [4.78, 5) is 2.39. The van der Waals surface area contributed by atoms with Gasteiger partial charge in [-0.1, -0.05) is 43.2 Å². The molecule has 1 aliphatic carbocycles. The summed E-state index contributed by atoms with van der Waals surface area (Å²) >= 11 is 0. The van der Waals surface area contributed by atoms with Gasteiger partial charge in [0.05, 0.1) is 6.07 Å². The second-order valence-corrected chi connectivity index (χ2v) is 6.30. The van der Waals surface area contributed by atoms with Gasteiger partial charge < -0.3 is 4.90 Å². The van der Waals surface area contributed by atoms with E-state index < -0.39 is 5.54 Å². The number of benzene rings is 1. The average Bonchev–Trinajstić information content (AvgIpc) is 3.03. The van der Waals surface area contributed by atoms with Crippen LogP contribution in [0.25, 0.3) is 0 Å². The third-order valence-electron chi connectivity index (χ3n) is 4.80. The van der Waals surface area contributed by atoms with Gasteiger partial charge in [0.15, 0.2) is 0 Å². The van der Waals surface area contributed by atoms with Crippen molar-refractivity contribution < 1.29 is 0 Å². The van der Waals surface area contributed by atoms with Gasteiger partial charge in [0, 0.05) is 13.1 Å². The van der Waals surface area contributed by atoms with Crippen molar-refractivity contribution in [3.63, 3.8) is 0 Å². The van der Waals surface area contributed by atoms with E-state index in [1.54, 1.807) is 0 Å². The molecule has 2 rings (SSSR count). The van der Waals surface area contributed by atoms with Gasteiger partial charge in [-0.15, -0.1) is 0 Å². The van der Waals surface area contributed by atoms with E-state index in [4.69, 9.17) is 0 Å². The van der Waals surface area contributed by atoms with Crippen LogP contribution in [-0.4, -0.2) is 32.1 Å². The Balaban J connectivity index is 1.95. The Labute approximate surface area is 129 Å². The molecule has 0 bridgehead atoms. The Morgan fingerprint density at radius 1 is 1.29 bits per heavy atom. The van der Waals surface area contributed by atoms with Crippen LogP contribution in [0.1, 0.15) is 37.7 Å². The van der Waals surface area contributed by atoms with E-state index in [1.165, 1.54) is 32.2 Å². The van der Waals surface area contributed by atoms with Crippen molar-refractivity contribution in [2.24, 2.45) is 5.92 Å². The first kappa shape index (κ1) is 16.0. The lowest BCUT2D eigenvalue weighted by Gasteiger charge is -2.30. The van der Waals surface area contributed by atoms with Gasteiger partial charge in [0.2, 0.25) is 0 Å². The largest absolute Gasteiger partial charge is 0.306 e. The predicted octanol–water partition coefficient (Wildman–Crippen LogP) is 3.14. The van der Waals surface area contributed by atoms with Gasteiger partial charge in [-0.2, -0.15) is 5.26 Å². The van der Waals surface area contributed by atoms with Crippen molar-refractivity contribution in [3.8, 4) is 6.07 Å². The number of nitriles is 1. The Morgan fingerprint density at radius 2 is 1.95 bits per heavy atom.